The summed E-state index contributed by atoms with van der Waals surface area (Å²) in [5.41, 5.74) is 8.70. The van der Waals surface area contributed by atoms with E-state index in [1.54, 1.807) is 0 Å². The highest BCUT2D eigenvalue weighted by Gasteiger charge is 2.51. The fourth-order valence-electron chi connectivity index (χ4n) is 12.8. The quantitative estimate of drug-likeness (QED) is 0.0607. The number of halogens is 2. The van der Waals surface area contributed by atoms with Crippen LogP contribution >= 0.6 is 23.2 Å². The maximum Gasteiger partial charge on any atom is 0.325 e. The number of nitrogens with one attached hydrogen (secondary N) is 7. The van der Waals surface area contributed by atoms with Gasteiger partial charge in [-0.15, -0.1) is 0 Å². The molecule has 3 unspecified atom stereocenters. The zero-order valence-corrected chi connectivity index (χ0v) is 56.6. The third-order valence-corrected chi connectivity index (χ3v) is 18.8. The highest BCUT2D eigenvalue weighted by atomic mass is 35.5. The lowest BCUT2D eigenvalue weighted by molar-refractivity contribution is -0.333. The molecular weight excluding hydrogens is 1390 g/mol. The Labute approximate surface area is 591 Å². The number of hydrogen-bond acceptors (Lipinski definition) is 28. The molecule has 102 heavy (non-hydrogen) atoms. The Morgan fingerprint density at radius 1 is 0.755 bits per heavy atom. The molecule has 7 aliphatic heterocycles. The normalized spacial score (nSPS) is 30.8. The zero-order chi connectivity index (χ0) is 74.2. The van der Waals surface area contributed by atoms with Gasteiger partial charge in [0.2, 0.25) is 41.6 Å². The van der Waals surface area contributed by atoms with Crippen LogP contribution in [0.1, 0.15) is 105 Å². The van der Waals surface area contributed by atoms with Gasteiger partial charge in [-0.25, -0.2) is 0 Å². The molecule has 7 heterocycles. The molecule has 552 valence electrons. The highest BCUT2D eigenvalue weighted by Crippen LogP contribution is 2.50. The van der Waals surface area contributed by atoms with Gasteiger partial charge in [-0.3, -0.25) is 39.4 Å². The first-order valence-electron chi connectivity index (χ1n) is 32.1. The van der Waals surface area contributed by atoms with Crippen molar-refractivity contribution in [1.82, 2.24) is 37.2 Å². The van der Waals surface area contributed by atoms with Crippen LogP contribution in [0.25, 0.3) is 11.1 Å². The molecule has 36 heteroatoms. The maximum absolute atomic E-state index is 16.1. The van der Waals surface area contributed by atoms with Crippen LogP contribution in [-0.4, -0.2) is 197 Å². The van der Waals surface area contributed by atoms with E-state index in [0.717, 1.165) is 48.5 Å². The SMILES string of the molecule is CN[C@H](CC(C)C)C(=O)NC1C(=O)N[C@@H](CC(N)=O)C(=O)N[C@H]2C(=O)N[C@@H]3c4ccc(O)c(c4)-c4c(O)cc(ON)cc4[C@@H](C(=O)O)N[C@H](O)[C@@H](NC3O)[C@H](O)c3ccc(c(Cl)c3)Oc3cc2cc(c3OC2O[C@H](CO)[C@@H](O)[C@H](O)[C@H]2O[C@H]2C[C@](C)(N)[C@H](O)[C@H](C)O2)Oc2ccc(cc2Cl)[C@H]1O. The first-order chi connectivity index (χ1) is 48.2. The Balaban J connectivity index is 1.24. The number of aromatic hydroxyl groups is 2. The van der Waals surface area contributed by atoms with Crippen LogP contribution in [0.15, 0.2) is 78.9 Å². The molecule has 5 amide bonds. The predicted octanol–water partition coefficient (Wildman–Crippen LogP) is -0.763. The Hall–Kier alpha value is -8.34. The largest absolute Gasteiger partial charge is 0.507 e. The van der Waals surface area contributed by atoms with Gasteiger partial charge in [-0.1, -0.05) is 55.2 Å². The number of fused-ring (bicyclic) bond motifs is 15. The molecule has 12 rings (SSSR count). The fraction of sp³-hybridized carbons (Fsp3) is 0.455. The molecule has 0 saturated carbocycles. The summed E-state index contributed by atoms with van der Waals surface area (Å²) in [6.45, 7) is 5.71. The average Bonchev–Trinajstić information content (AvgIpc) is 0.774. The molecule has 2 saturated heterocycles. The van der Waals surface area contributed by atoms with Gasteiger partial charge >= 0.3 is 5.97 Å². The van der Waals surface area contributed by atoms with E-state index in [1.807, 2.05) is 13.8 Å². The zero-order valence-electron chi connectivity index (χ0n) is 55.1. The number of likely N-dealkylation sites (N-methyl/N-ethyl adjacent to an activating group) is 1. The van der Waals surface area contributed by atoms with Crippen molar-refractivity contribution in [2.45, 2.75) is 169 Å². The molecule has 24 N–H and O–H groups in total. The summed E-state index contributed by atoms with van der Waals surface area (Å²) in [4.78, 5) is 91.9. The van der Waals surface area contributed by atoms with E-state index >= 15 is 9.59 Å². The molecular formula is C66H80Cl2N10O24. The van der Waals surface area contributed by atoms with Crippen LogP contribution in [0.3, 0.4) is 0 Å². The first kappa shape index (κ1) is 76.3. The second-order valence-electron chi connectivity index (χ2n) is 26.1. The van der Waals surface area contributed by atoms with E-state index < -0.39 is 216 Å². The molecule has 0 aliphatic carbocycles. The van der Waals surface area contributed by atoms with Gasteiger partial charge in [0.25, 0.3) is 0 Å². The molecule has 0 radical (unpaired) electrons. The van der Waals surface area contributed by atoms with Crippen molar-refractivity contribution >= 4 is 58.7 Å². The minimum atomic E-state index is -2.31. The Morgan fingerprint density at radius 3 is 1.97 bits per heavy atom. The van der Waals surface area contributed by atoms with Crippen LogP contribution in [0.2, 0.25) is 10.0 Å². The molecule has 11 bridgehead atoms. The molecule has 5 aromatic rings. The molecule has 5 aromatic carbocycles. The number of phenolic OH excluding ortho intramolecular Hbond substituents is 2. The second kappa shape index (κ2) is 31.3. The number of rotatable bonds is 14. The molecule has 7 aliphatic rings. The van der Waals surface area contributed by atoms with Gasteiger partial charge in [0.05, 0.1) is 59.5 Å². The molecule has 2 fully saturated rings. The second-order valence-corrected chi connectivity index (χ2v) is 26.9. The van der Waals surface area contributed by atoms with E-state index in [4.69, 9.17) is 73.8 Å². The Kier molecular flexibility index (Phi) is 23.4. The number of carbonyl (C=O) groups excluding carboxylic acids is 5. The maximum atomic E-state index is 16.1. The van der Waals surface area contributed by atoms with E-state index in [9.17, 15) is 75.3 Å². The summed E-state index contributed by atoms with van der Waals surface area (Å²) < 4.78 is 38.5. The number of aliphatic hydroxyl groups excluding tert-OH is 8. The standard InChI is InChI=1S/C66H80Cl2N10O24/c1-23(2)12-34(72-5)58(88)77-49-51(83)26-7-10-38(32(67)14-26)97-40-16-28-17-41(55(40)101-65-56(54(86)53(85)42(22-79)99-65)100-44-21-66(4,70)57(87)24(3)96-44)98-39-11-8-27(15-33(39)68)52(84)50-63(93)76-48(64(94)95)31-18-29(102-71)19-37(81)45(31)30-13-25(6-9-36(30)80)46(60(90)78-50)75-61(91)47(28)74-59(89)35(20-43(69)82)73-62(49)92/h6-11,13-19,23-24,34-35,42,44,46-54,56-57,60,63,65,72,76,78-81,83-87,90,93H,12,20-22,70-71H2,1-5H3,(H2,69,82)(H,73,92)(H,74,89)(H,75,91)(H,77,88)(H,94,95)/t24-,34+,35-,42+,44-,46+,47+,48-,49?,50-,51+,52+,53+,54-,56+,57+,60?,63+,65?,66-/m0/s1. The van der Waals surface area contributed by atoms with Crippen molar-refractivity contribution in [3.8, 4) is 57.1 Å². The summed E-state index contributed by atoms with van der Waals surface area (Å²) in [6.07, 6.45) is -22.8. The molecule has 0 aromatic heterocycles. The number of hydrogen-bond donors (Lipinski definition) is 21. The number of ether oxygens (including phenoxy) is 6. The topological polar surface area (TPSA) is 552 Å². The summed E-state index contributed by atoms with van der Waals surface area (Å²) in [6, 6.07) is 1.14. The highest BCUT2D eigenvalue weighted by molar-refractivity contribution is 6.32. The predicted molar refractivity (Wildman–Crippen MR) is 354 cm³/mol. The van der Waals surface area contributed by atoms with Crippen molar-refractivity contribution in [3.63, 3.8) is 0 Å². The number of carboxylic acid groups (broad SMARTS) is 1. The number of carbonyl (C=O) groups is 6. The Morgan fingerprint density at radius 2 is 1.39 bits per heavy atom. The van der Waals surface area contributed by atoms with Crippen molar-refractivity contribution in [2.24, 2.45) is 23.3 Å². The average molecular weight is 1470 g/mol. The van der Waals surface area contributed by atoms with Gasteiger partial charge in [0.1, 0.15) is 84.0 Å². The van der Waals surface area contributed by atoms with Gasteiger partial charge in [0.15, 0.2) is 29.6 Å². The van der Waals surface area contributed by atoms with Crippen LogP contribution in [0, 0.1) is 5.92 Å². The third-order valence-electron chi connectivity index (χ3n) is 18.2. The number of primary amides is 1. The lowest BCUT2D eigenvalue weighted by Crippen LogP contribution is -2.64. The summed E-state index contributed by atoms with van der Waals surface area (Å²) >= 11 is 14.2. The van der Waals surface area contributed by atoms with E-state index in [2.05, 4.69) is 37.2 Å². The lowest BCUT2D eigenvalue weighted by Gasteiger charge is -2.47. The van der Waals surface area contributed by atoms with Crippen molar-refractivity contribution in [1.29, 1.82) is 0 Å². The van der Waals surface area contributed by atoms with Crippen LogP contribution in [-0.2, 0) is 43.0 Å². The number of amides is 5. The molecule has 34 nitrogen and oxygen atoms in total. The fourth-order valence-corrected chi connectivity index (χ4v) is 13.3. The minimum absolute atomic E-state index is 0.0892. The monoisotopic (exact) mass is 1470 g/mol. The number of carboxylic acids is 1. The van der Waals surface area contributed by atoms with E-state index in [0.29, 0.717) is 0 Å². The summed E-state index contributed by atoms with van der Waals surface area (Å²) in [7, 11) is 1.48. The van der Waals surface area contributed by atoms with Crippen LogP contribution in [0.4, 0.5) is 0 Å². The minimum Gasteiger partial charge on any atom is -0.507 e. The van der Waals surface area contributed by atoms with Crippen molar-refractivity contribution < 1.29 is 118 Å². The van der Waals surface area contributed by atoms with Crippen LogP contribution in [0.5, 0.6) is 46.0 Å². The Bertz CT molecular complexity index is 3990. The summed E-state index contributed by atoms with van der Waals surface area (Å²) in [5.74, 6) is -6.59. The van der Waals surface area contributed by atoms with Gasteiger partial charge in [0, 0.05) is 29.2 Å². The summed E-state index contributed by atoms with van der Waals surface area (Å²) in [5, 5.41) is 146. The number of aliphatic hydroxyl groups is 8. The van der Waals surface area contributed by atoms with E-state index in [1.165, 1.54) is 51.2 Å². The number of nitrogens with two attached hydrogens (primary N) is 3. The molecule has 0 spiro atoms. The van der Waals surface area contributed by atoms with Gasteiger partial charge < -0.3 is 127 Å². The number of aliphatic carboxylic acids is 1. The smallest absolute Gasteiger partial charge is 0.325 e. The van der Waals surface area contributed by atoms with Crippen LogP contribution < -0.4 is 73.6 Å². The van der Waals surface area contributed by atoms with Gasteiger partial charge in [-0.05, 0) is 116 Å². The van der Waals surface area contributed by atoms with E-state index in [-0.39, 0.29) is 68.3 Å². The number of benzene rings is 5. The molecule has 20 atom stereocenters. The lowest BCUT2D eigenvalue weighted by atomic mass is 9.86. The third kappa shape index (κ3) is 16.2. The van der Waals surface area contributed by atoms with Crippen molar-refractivity contribution in [3.05, 3.63) is 117 Å². The van der Waals surface area contributed by atoms with Crippen molar-refractivity contribution in [2.75, 3.05) is 13.7 Å². The number of phenols is 2. The van der Waals surface area contributed by atoms with Gasteiger partial charge in [-0.2, -0.15) is 5.90 Å². The first-order valence-corrected chi connectivity index (χ1v) is 32.9.